The number of rotatable bonds is 4. The van der Waals surface area contributed by atoms with Gasteiger partial charge in [-0.15, -0.1) is 0 Å². The van der Waals surface area contributed by atoms with Gasteiger partial charge in [0.25, 0.3) is 0 Å². The fourth-order valence-corrected chi connectivity index (χ4v) is 3.87. The number of hydrogen-bond acceptors (Lipinski definition) is 6. The molecule has 25 heavy (non-hydrogen) atoms. The summed E-state index contributed by atoms with van der Waals surface area (Å²) < 4.78 is 29.3. The molecule has 0 radical (unpaired) electrons. The highest BCUT2D eigenvalue weighted by Gasteiger charge is 2.22. The lowest BCUT2D eigenvalue weighted by atomic mass is 10.1. The van der Waals surface area contributed by atoms with Crippen LogP contribution in [0.2, 0.25) is 0 Å². The van der Waals surface area contributed by atoms with Crippen LogP contribution in [0.4, 0.5) is 11.5 Å². The van der Waals surface area contributed by atoms with Crippen LogP contribution >= 0.6 is 0 Å². The first-order valence-corrected chi connectivity index (χ1v) is 9.18. The van der Waals surface area contributed by atoms with Crippen molar-refractivity contribution in [3.05, 3.63) is 36.8 Å². The minimum absolute atomic E-state index is 0.184. The number of fused-ring (bicyclic) bond motifs is 1. The lowest BCUT2D eigenvalue weighted by Gasteiger charge is -2.20. The third-order valence-electron chi connectivity index (χ3n) is 3.38. The van der Waals surface area contributed by atoms with Gasteiger partial charge in [0.1, 0.15) is 12.1 Å². The van der Waals surface area contributed by atoms with Crippen molar-refractivity contribution < 1.29 is 8.42 Å². The van der Waals surface area contributed by atoms with Gasteiger partial charge in [-0.2, -0.15) is 5.10 Å². The summed E-state index contributed by atoms with van der Waals surface area (Å²) in [5, 5.41) is 8.06. The molecule has 0 aliphatic rings. The summed E-state index contributed by atoms with van der Waals surface area (Å²) >= 11 is 0. The van der Waals surface area contributed by atoms with Gasteiger partial charge >= 0.3 is 0 Å². The highest BCUT2D eigenvalue weighted by Crippen LogP contribution is 2.24. The van der Waals surface area contributed by atoms with Crippen LogP contribution in [-0.2, 0) is 17.1 Å². The zero-order chi connectivity index (χ0) is 18.2. The zero-order valence-corrected chi connectivity index (χ0v) is 15.3. The van der Waals surface area contributed by atoms with Crippen LogP contribution in [-0.4, -0.2) is 33.7 Å². The predicted molar refractivity (Wildman–Crippen MR) is 96.1 cm³/mol. The van der Waals surface area contributed by atoms with Crippen molar-refractivity contribution in [1.29, 1.82) is 0 Å². The Labute approximate surface area is 146 Å². The van der Waals surface area contributed by atoms with Crippen molar-refractivity contribution in [2.24, 2.45) is 7.05 Å². The number of aryl methyl sites for hydroxylation is 1. The molecule has 9 heteroatoms. The summed E-state index contributed by atoms with van der Waals surface area (Å²) in [4.78, 5) is 8.59. The molecule has 0 aliphatic heterocycles. The third-order valence-corrected chi connectivity index (χ3v) is 5.13. The van der Waals surface area contributed by atoms with Gasteiger partial charge in [-0.25, -0.2) is 23.1 Å². The van der Waals surface area contributed by atoms with Crippen LogP contribution in [0.1, 0.15) is 20.8 Å². The van der Waals surface area contributed by atoms with E-state index >= 15 is 0 Å². The monoisotopic (exact) mass is 360 g/mol. The maximum atomic E-state index is 12.5. The van der Waals surface area contributed by atoms with E-state index in [2.05, 4.69) is 25.1 Å². The van der Waals surface area contributed by atoms with Gasteiger partial charge in [-0.1, -0.05) is 6.07 Å². The summed E-state index contributed by atoms with van der Waals surface area (Å²) in [6.45, 7) is 5.39. The number of anilines is 2. The number of sulfonamides is 1. The molecule has 0 spiro atoms. The SMILES string of the molecule is Cn1ncc2c(Nc3cccc(S(=O)(=O)NC(C)(C)C)c3)ncnc21. The fourth-order valence-electron chi connectivity index (χ4n) is 2.40. The normalized spacial score (nSPS) is 12.5. The van der Waals surface area contributed by atoms with E-state index < -0.39 is 15.6 Å². The van der Waals surface area contributed by atoms with Crippen molar-refractivity contribution in [1.82, 2.24) is 24.5 Å². The van der Waals surface area contributed by atoms with Gasteiger partial charge in [-0.05, 0) is 39.0 Å². The molecule has 0 atom stereocenters. The molecule has 0 saturated heterocycles. The first-order valence-electron chi connectivity index (χ1n) is 7.69. The van der Waals surface area contributed by atoms with Gasteiger partial charge in [0.05, 0.1) is 16.5 Å². The molecule has 2 N–H and O–H groups in total. The Morgan fingerprint density at radius 1 is 1.16 bits per heavy atom. The molecule has 0 aliphatic carbocycles. The molecular formula is C16H20N6O2S. The minimum atomic E-state index is -3.61. The summed E-state index contributed by atoms with van der Waals surface area (Å²) in [7, 11) is -1.81. The van der Waals surface area contributed by atoms with Gasteiger partial charge in [0.15, 0.2) is 5.65 Å². The van der Waals surface area contributed by atoms with Crippen LogP contribution in [0.3, 0.4) is 0 Å². The molecule has 132 valence electrons. The molecule has 0 bridgehead atoms. The highest BCUT2D eigenvalue weighted by atomic mass is 32.2. The van der Waals surface area contributed by atoms with Crippen LogP contribution in [0, 0.1) is 0 Å². The van der Waals surface area contributed by atoms with E-state index in [1.54, 1.807) is 63.0 Å². The van der Waals surface area contributed by atoms with Crippen molar-refractivity contribution in [3.63, 3.8) is 0 Å². The first kappa shape index (κ1) is 17.3. The largest absolute Gasteiger partial charge is 0.339 e. The molecule has 0 fully saturated rings. The average Bonchev–Trinajstić information content (AvgIpc) is 2.88. The summed E-state index contributed by atoms with van der Waals surface area (Å²) in [6, 6.07) is 6.58. The molecule has 2 aromatic heterocycles. The number of benzene rings is 1. The van der Waals surface area contributed by atoms with E-state index in [0.717, 1.165) is 5.39 Å². The average molecular weight is 360 g/mol. The first-order chi connectivity index (χ1) is 11.7. The van der Waals surface area contributed by atoms with E-state index in [0.29, 0.717) is 17.2 Å². The Bertz CT molecular complexity index is 1020. The Hall–Kier alpha value is -2.52. The number of nitrogens with zero attached hydrogens (tertiary/aromatic N) is 4. The molecule has 2 heterocycles. The van der Waals surface area contributed by atoms with Crippen LogP contribution in [0.15, 0.2) is 41.7 Å². The van der Waals surface area contributed by atoms with Crippen molar-refractivity contribution in [3.8, 4) is 0 Å². The fraction of sp³-hybridized carbons (Fsp3) is 0.312. The van der Waals surface area contributed by atoms with E-state index in [9.17, 15) is 8.42 Å². The quantitative estimate of drug-likeness (QED) is 0.739. The van der Waals surface area contributed by atoms with E-state index in [4.69, 9.17) is 0 Å². The van der Waals surface area contributed by atoms with E-state index in [1.165, 1.54) is 6.33 Å². The standard InChI is InChI=1S/C16H20N6O2S/c1-16(2,3)21-25(23,24)12-7-5-6-11(8-12)20-14-13-9-19-22(4)15(13)18-10-17-14/h5-10,21H,1-4H3,(H,17,18,20). The van der Waals surface area contributed by atoms with Crippen LogP contribution < -0.4 is 10.0 Å². The summed E-state index contributed by atoms with van der Waals surface area (Å²) in [5.74, 6) is 0.566. The molecule has 3 aromatic rings. The Morgan fingerprint density at radius 3 is 2.64 bits per heavy atom. The van der Waals surface area contributed by atoms with Crippen LogP contribution in [0.25, 0.3) is 11.0 Å². The molecular weight excluding hydrogens is 340 g/mol. The lowest BCUT2D eigenvalue weighted by molar-refractivity contribution is 0.491. The maximum Gasteiger partial charge on any atom is 0.241 e. The molecule has 3 rings (SSSR count). The third kappa shape index (κ3) is 3.77. The summed E-state index contributed by atoms with van der Waals surface area (Å²) in [5.41, 5.74) is 0.743. The maximum absolute atomic E-state index is 12.5. The molecule has 0 saturated carbocycles. The Balaban J connectivity index is 1.94. The van der Waals surface area contributed by atoms with Crippen molar-refractivity contribution in [2.45, 2.75) is 31.2 Å². The number of hydrogen-bond donors (Lipinski definition) is 2. The van der Waals surface area contributed by atoms with Gasteiger partial charge in [0, 0.05) is 18.3 Å². The summed E-state index contributed by atoms with van der Waals surface area (Å²) in [6.07, 6.45) is 3.10. The number of aromatic nitrogens is 4. The topological polar surface area (TPSA) is 102 Å². The van der Waals surface area contributed by atoms with Gasteiger partial charge in [-0.3, -0.25) is 4.68 Å². The highest BCUT2D eigenvalue weighted by molar-refractivity contribution is 7.89. The molecule has 0 unspecified atom stereocenters. The number of nitrogens with one attached hydrogen (secondary N) is 2. The van der Waals surface area contributed by atoms with Crippen molar-refractivity contribution in [2.75, 3.05) is 5.32 Å². The zero-order valence-electron chi connectivity index (χ0n) is 14.5. The van der Waals surface area contributed by atoms with E-state index in [-0.39, 0.29) is 4.90 Å². The van der Waals surface area contributed by atoms with E-state index in [1.807, 2.05) is 0 Å². The van der Waals surface area contributed by atoms with Crippen molar-refractivity contribution >= 4 is 32.6 Å². The molecule has 1 aromatic carbocycles. The molecule has 0 amide bonds. The Kier molecular flexibility index (Phi) is 4.21. The second-order valence-electron chi connectivity index (χ2n) is 6.74. The second kappa shape index (κ2) is 6.08. The second-order valence-corrected chi connectivity index (χ2v) is 8.42. The van der Waals surface area contributed by atoms with Gasteiger partial charge < -0.3 is 5.32 Å². The minimum Gasteiger partial charge on any atom is -0.339 e. The smallest absolute Gasteiger partial charge is 0.241 e. The lowest BCUT2D eigenvalue weighted by Crippen LogP contribution is -2.40. The van der Waals surface area contributed by atoms with Crippen LogP contribution in [0.5, 0.6) is 0 Å². The molecule has 8 nitrogen and oxygen atoms in total. The Morgan fingerprint density at radius 2 is 1.92 bits per heavy atom. The predicted octanol–water partition coefficient (Wildman–Crippen LogP) is 2.18. The van der Waals surface area contributed by atoms with Gasteiger partial charge in [0.2, 0.25) is 10.0 Å².